The van der Waals surface area contributed by atoms with Gasteiger partial charge in [0.05, 0.1) is 6.54 Å². The Balaban J connectivity index is 1.88. The van der Waals surface area contributed by atoms with Crippen molar-refractivity contribution in [2.24, 2.45) is 5.73 Å². The number of nitrogens with one attached hydrogen (secondary N) is 2. The number of aromatic amines is 1. The number of hydrogen-bond acceptors (Lipinski definition) is 4. The van der Waals surface area contributed by atoms with E-state index in [4.69, 9.17) is 11.1 Å². The number of piperidine rings is 1. The van der Waals surface area contributed by atoms with E-state index in [-0.39, 0.29) is 5.84 Å². The van der Waals surface area contributed by atoms with Crippen molar-refractivity contribution < 1.29 is 0 Å². The van der Waals surface area contributed by atoms with Gasteiger partial charge in [-0.25, -0.2) is 9.97 Å². The number of H-pyrrole nitrogens is 1. The van der Waals surface area contributed by atoms with Crippen LogP contribution in [0, 0.1) is 5.41 Å². The average molecular weight is 258 g/mol. The molecule has 0 spiro atoms. The monoisotopic (exact) mass is 258 g/mol. The van der Waals surface area contributed by atoms with Gasteiger partial charge in [0, 0.05) is 11.8 Å². The Labute approximate surface area is 111 Å². The normalized spacial score (nSPS) is 16.8. The van der Waals surface area contributed by atoms with Crippen LogP contribution in [0.2, 0.25) is 0 Å². The van der Waals surface area contributed by atoms with Crippen molar-refractivity contribution in [1.82, 2.24) is 19.9 Å². The van der Waals surface area contributed by atoms with E-state index in [1.807, 2.05) is 0 Å². The molecule has 1 fully saturated rings. The molecule has 6 nitrogen and oxygen atoms in total. The molecule has 6 heteroatoms. The number of nitrogen functional groups attached to an aromatic ring is 1. The Bertz CT molecular complexity index is 596. The number of hydrogen-bond donors (Lipinski definition) is 3. The predicted octanol–water partition coefficient (Wildman–Crippen LogP) is 1.23. The standard InChI is InChI=1S/C13H18N6/c14-12(15)9-4-5-16-13-11(9)17-10(18-13)8-19-6-2-1-3-7-19/h4-5H,1-3,6-8H2,(H3,14,15)(H,16,17,18). The number of aromatic nitrogens is 3. The molecule has 0 atom stereocenters. The van der Waals surface area contributed by atoms with E-state index in [0.29, 0.717) is 16.7 Å². The van der Waals surface area contributed by atoms with E-state index in [9.17, 15) is 0 Å². The van der Waals surface area contributed by atoms with Crippen LogP contribution >= 0.6 is 0 Å². The molecule has 3 rings (SSSR count). The molecular weight excluding hydrogens is 240 g/mol. The van der Waals surface area contributed by atoms with Gasteiger partial charge >= 0.3 is 0 Å². The zero-order valence-electron chi connectivity index (χ0n) is 10.8. The summed E-state index contributed by atoms with van der Waals surface area (Å²) in [5.74, 6) is 0.932. The van der Waals surface area contributed by atoms with Crippen molar-refractivity contribution in [2.75, 3.05) is 13.1 Å². The van der Waals surface area contributed by atoms with E-state index in [2.05, 4.69) is 19.9 Å². The lowest BCUT2D eigenvalue weighted by molar-refractivity contribution is 0.216. The third-order valence-corrected chi connectivity index (χ3v) is 3.55. The molecule has 19 heavy (non-hydrogen) atoms. The van der Waals surface area contributed by atoms with Crippen molar-refractivity contribution in [1.29, 1.82) is 5.41 Å². The maximum absolute atomic E-state index is 7.57. The molecule has 0 amide bonds. The topological polar surface area (TPSA) is 94.7 Å². The molecule has 2 aromatic rings. The molecule has 0 bridgehead atoms. The summed E-state index contributed by atoms with van der Waals surface area (Å²) in [6.07, 6.45) is 5.50. The quantitative estimate of drug-likeness (QED) is 0.570. The van der Waals surface area contributed by atoms with Crippen molar-refractivity contribution >= 4 is 17.0 Å². The summed E-state index contributed by atoms with van der Waals surface area (Å²) in [5, 5.41) is 7.57. The summed E-state index contributed by atoms with van der Waals surface area (Å²) in [4.78, 5) is 14.4. The fourth-order valence-electron chi connectivity index (χ4n) is 2.58. The first-order valence-electron chi connectivity index (χ1n) is 6.64. The molecule has 1 aliphatic rings. The number of imidazole rings is 1. The number of rotatable bonds is 3. The van der Waals surface area contributed by atoms with E-state index in [1.165, 1.54) is 19.3 Å². The summed E-state index contributed by atoms with van der Waals surface area (Å²) in [6, 6.07) is 1.73. The van der Waals surface area contributed by atoms with Crippen LogP contribution in [0.25, 0.3) is 11.2 Å². The maximum Gasteiger partial charge on any atom is 0.158 e. The summed E-state index contributed by atoms with van der Waals surface area (Å²) in [5.41, 5.74) is 7.61. The van der Waals surface area contributed by atoms with Crippen LogP contribution in [0.1, 0.15) is 30.7 Å². The minimum atomic E-state index is 0.0309. The van der Waals surface area contributed by atoms with Crippen molar-refractivity contribution in [3.63, 3.8) is 0 Å². The Morgan fingerprint density at radius 2 is 2.16 bits per heavy atom. The van der Waals surface area contributed by atoms with E-state index in [1.54, 1.807) is 12.3 Å². The average Bonchev–Trinajstić information content (AvgIpc) is 2.81. The number of nitrogens with zero attached hydrogens (tertiary/aromatic N) is 3. The minimum Gasteiger partial charge on any atom is -0.384 e. The highest BCUT2D eigenvalue weighted by Crippen LogP contribution is 2.16. The van der Waals surface area contributed by atoms with Crippen LogP contribution in [-0.4, -0.2) is 38.8 Å². The van der Waals surface area contributed by atoms with Crippen LogP contribution < -0.4 is 5.73 Å². The Hall–Kier alpha value is -1.95. The molecular formula is C13H18N6. The van der Waals surface area contributed by atoms with Gasteiger partial charge in [0.1, 0.15) is 17.2 Å². The number of likely N-dealkylation sites (tertiary alicyclic amines) is 1. The minimum absolute atomic E-state index is 0.0309. The van der Waals surface area contributed by atoms with E-state index >= 15 is 0 Å². The Morgan fingerprint density at radius 1 is 1.37 bits per heavy atom. The first-order valence-corrected chi connectivity index (χ1v) is 6.64. The molecule has 1 aliphatic heterocycles. The van der Waals surface area contributed by atoms with Crippen LogP contribution in [0.5, 0.6) is 0 Å². The smallest absolute Gasteiger partial charge is 0.158 e. The van der Waals surface area contributed by atoms with Crippen LogP contribution in [0.15, 0.2) is 12.3 Å². The van der Waals surface area contributed by atoms with Gasteiger partial charge in [-0.1, -0.05) is 6.42 Å². The second kappa shape index (κ2) is 4.97. The fourth-order valence-corrected chi connectivity index (χ4v) is 2.58. The summed E-state index contributed by atoms with van der Waals surface area (Å²) < 4.78 is 0. The molecule has 4 N–H and O–H groups in total. The van der Waals surface area contributed by atoms with Gasteiger partial charge < -0.3 is 10.7 Å². The van der Waals surface area contributed by atoms with Gasteiger partial charge in [-0.15, -0.1) is 0 Å². The first-order chi connectivity index (χ1) is 9.24. The number of pyridine rings is 1. The Kier molecular flexibility index (Phi) is 3.16. The number of fused-ring (bicyclic) bond motifs is 1. The molecule has 2 aromatic heterocycles. The number of amidine groups is 1. The van der Waals surface area contributed by atoms with Gasteiger partial charge in [-0.05, 0) is 32.0 Å². The predicted molar refractivity (Wildman–Crippen MR) is 74.0 cm³/mol. The third-order valence-electron chi connectivity index (χ3n) is 3.55. The molecule has 3 heterocycles. The lowest BCUT2D eigenvalue weighted by Crippen LogP contribution is -2.29. The highest BCUT2D eigenvalue weighted by molar-refractivity contribution is 6.04. The zero-order chi connectivity index (χ0) is 13.2. The Morgan fingerprint density at radius 3 is 2.89 bits per heavy atom. The molecule has 0 radical (unpaired) electrons. The molecule has 0 unspecified atom stereocenters. The summed E-state index contributed by atoms with van der Waals surface area (Å²) in [7, 11) is 0. The lowest BCUT2D eigenvalue weighted by atomic mass is 10.1. The fraction of sp³-hybridized carbons (Fsp3) is 0.462. The molecule has 1 saturated heterocycles. The van der Waals surface area contributed by atoms with Gasteiger partial charge in [-0.3, -0.25) is 10.3 Å². The lowest BCUT2D eigenvalue weighted by Gasteiger charge is -2.25. The highest BCUT2D eigenvalue weighted by Gasteiger charge is 2.14. The third kappa shape index (κ3) is 2.44. The molecule has 0 saturated carbocycles. The second-order valence-electron chi connectivity index (χ2n) is 4.99. The van der Waals surface area contributed by atoms with Gasteiger partial charge in [0.2, 0.25) is 0 Å². The first kappa shape index (κ1) is 12.1. The van der Waals surface area contributed by atoms with E-state index in [0.717, 1.165) is 25.5 Å². The van der Waals surface area contributed by atoms with Gasteiger partial charge in [-0.2, -0.15) is 0 Å². The van der Waals surface area contributed by atoms with Crippen LogP contribution in [0.3, 0.4) is 0 Å². The summed E-state index contributed by atoms with van der Waals surface area (Å²) in [6.45, 7) is 3.07. The highest BCUT2D eigenvalue weighted by atomic mass is 15.2. The van der Waals surface area contributed by atoms with Gasteiger partial charge in [0.15, 0.2) is 5.65 Å². The van der Waals surface area contributed by atoms with Crippen LogP contribution in [0.4, 0.5) is 0 Å². The SMILES string of the molecule is N=C(N)c1ccnc2[nH]c(CN3CCCCC3)nc12. The van der Waals surface area contributed by atoms with Crippen molar-refractivity contribution in [2.45, 2.75) is 25.8 Å². The maximum atomic E-state index is 7.57. The van der Waals surface area contributed by atoms with Crippen molar-refractivity contribution in [3.8, 4) is 0 Å². The summed E-state index contributed by atoms with van der Waals surface area (Å²) >= 11 is 0. The molecule has 100 valence electrons. The molecule has 0 aromatic carbocycles. The molecule has 0 aliphatic carbocycles. The van der Waals surface area contributed by atoms with E-state index < -0.39 is 0 Å². The largest absolute Gasteiger partial charge is 0.384 e. The van der Waals surface area contributed by atoms with Gasteiger partial charge in [0.25, 0.3) is 0 Å². The van der Waals surface area contributed by atoms with Crippen molar-refractivity contribution in [3.05, 3.63) is 23.7 Å². The zero-order valence-corrected chi connectivity index (χ0v) is 10.8. The number of nitrogens with two attached hydrogens (primary N) is 1. The second-order valence-corrected chi connectivity index (χ2v) is 4.99. The van der Waals surface area contributed by atoms with Crippen LogP contribution in [-0.2, 0) is 6.54 Å².